The molecule has 6 unspecified atom stereocenters. The Morgan fingerprint density at radius 1 is 1.05 bits per heavy atom. The van der Waals surface area contributed by atoms with Gasteiger partial charge in [0.2, 0.25) is 0 Å². The van der Waals surface area contributed by atoms with Crippen molar-refractivity contribution in [3.8, 4) is 0 Å². The molecule has 5 nitrogen and oxygen atoms in total. The van der Waals surface area contributed by atoms with Crippen molar-refractivity contribution in [1.29, 1.82) is 0 Å². The fraction of sp³-hybridized carbons (Fsp3) is 0.694. The molecule has 6 heteroatoms. The molecule has 0 spiro atoms. The third-order valence-corrected chi connectivity index (χ3v) is 10.6. The molecule has 0 saturated heterocycles. The van der Waals surface area contributed by atoms with E-state index < -0.39 is 0 Å². The lowest BCUT2D eigenvalue weighted by Crippen LogP contribution is -2.52. The summed E-state index contributed by atoms with van der Waals surface area (Å²) in [7, 11) is 2.07. The van der Waals surface area contributed by atoms with Gasteiger partial charge >= 0.3 is 0 Å². The molecular weight excluding hydrogens is 523 g/mol. The molecule has 0 aromatic heterocycles. The van der Waals surface area contributed by atoms with E-state index in [1.165, 1.54) is 5.56 Å². The van der Waals surface area contributed by atoms with Gasteiger partial charge in [0.15, 0.2) is 18.2 Å². The maximum atomic E-state index is 13.9. The summed E-state index contributed by atoms with van der Waals surface area (Å²) < 4.78 is 16.1. The molecule has 3 rings (SSSR count). The average Bonchev–Trinajstić information content (AvgIpc) is 2.94. The number of benzene rings is 1. The Labute approximate surface area is 255 Å². The third-order valence-electron chi connectivity index (χ3n) is 10.6. The fourth-order valence-corrected chi connectivity index (χ4v) is 7.88. The zero-order valence-corrected chi connectivity index (χ0v) is 28.1. The summed E-state index contributed by atoms with van der Waals surface area (Å²) in [6.07, 6.45) is 11.0. The van der Waals surface area contributed by atoms with Gasteiger partial charge in [0.25, 0.3) is 5.91 Å². The van der Waals surface area contributed by atoms with Crippen LogP contribution >= 0.6 is 0 Å². The number of halogens is 1. The highest BCUT2D eigenvalue weighted by Crippen LogP contribution is 2.53. The number of nitrogens with one attached hydrogen (secondary N) is 2. The number of aliphatic imine (C=N–C) groups is 1. The number of amides is 1. The summed E-state index contributed by atoms with van der Waals surface area (Å²) in [6, 6.07) is 7.40. The van der Waals surface area contributed by atoms with Crippen LogP contribution in [0.2, 0.25) is 0 Å². The highest BCUT2D eigenvalue weighted by molar-refractivity contribution is 6.07. The van der Waals surface area contributed by atoms with Crippen molar-refractivity contribution in [2.75, 3.05) is 7.05 Å². The van der Waals surface area contributed by atoms with Crippen LogP contribution in [-0.2, 0) is 4.79 Å². The summed E-state index contributed by atoms with van der Waals surface area (Å²) in [5.41, 5.74) is 1.84. The standard InChI is InChI=1S/C36H57FN4O/c1-11-28-21-24(5)31(26-15-17-29(37)18-16-26)23-32(25(6)36(28,13-3)14-4)38-34(40-35(7,8)9)39-33(42)27-19-20-41(10)30(12-2)22-27/h15-20,24-25,28,30-32H,11-14,21-23H2,1-10H3,(H-,38,39,40,42)/p+1. The van der Waals surface area contributed by atoms with E-state index in [1.807, 2.05) is 24.4 Å². The molecule has 1 heterocycles. The van der Waals surface area contributed by atoms with Gasteiger partial charge in [-0.3, -0.25) is 10.1 Å². The predicted molar refractivity (Wildman–Crippen MR) is 175 cm³/mol. The Morgan fingerprint density at radius 2 is 1.69 bits per heavy atom. The largest absolute Gasteiger partial charge is 0.351 e. The van der Waals surface area contributed by atoms with Gasteiger partial charge in [0.1, 0.15) is 12.9 Å². The zero-order chi connectivity index (χ0) is 31.2. The second-order valence-corrected chi connectivity index (χ2v) is 14.1. The topological polar surface area (TPSA) is 56.5 Å². The summed E-state index contributed by atoms with van der Waals surface area (Å²) in [6.45, 7) is 20.2. The number of carbonyl (C=O) groups is 1. The molecule has 2 N–H and O–H groups in total. The maximum absolute atomic E-state index is 13.9. The lowest BCUT2D eigenvalue weighted by Gasteiger charge is -2.50. The third kappa shape index (κ3) is 7.90. The van der Waals surface area contributed by atoms with Crippen LogP contribution in [0.25, 0.3) is 0 Å². The number of guanidine groups is 1. The lowest BCUT2D eigenvalue weighted by molar-refractivity contribution is -0.534. The maximum Gasteiger partial charge on any atom is 0.254 e. The number of hydrogen-bond acceptors (Lipinski definition) is 2. The molecule has 2 aliphatic rings. The molecule has 1 fully saturated rings. The minimum atomic E-state index is -0.279. The first kappa shape index (κ1) is 34.0. The minimum absolute atomic E-state index is 0.0108. The van der Waals surface area contributed by atoms with E-state index in [9.17, 15) is 9.18 Å². The van der Waals surface area contributed by atoms with Crippen molar-refractivity contribution < 1.29 is 13.8 Å². The summed E-state index contributed by atoms with van der Waals surface area (Å²) in [5.74, 6) is 1.83. The molecular formula is C36H58FN4O+. The van der Waals surface area contributed by atoms with Crippen molar-refractivity contribution in [1.82, 2.24) is 10.6 Å². The Morgan fingerprint density at radius 3 is 2.24 bits per heavy atom. The number of allylic oxidation sites excluding steroid dienone is 1. The Balaban J connectivity index is 2.09. The molecule has 1 aromatic rings. The Kier molecular flexibility index (Phi) is 11.6. The molecule has 1 aromatic carbocycles. The average molecular weight is 582 g/mol. The summed E-state index contributed by atoms with van der Waals surface area (Å²) >= 11 is 0. The SMILES string of the molecule is CCC1CC(C(=O)NC(=NC2CC(c3ccc(F)cc3)C(C)CC(CC)C(CC)(CC)C2C)NC(C)(C)C)=CC=[N+]1C. The van der Waals surface area contributed by atoms with E-state index in [-0.39, 0.29) is 34.6 Å². The van der Waals surface area contributed by atoms with Gasteiger partial charge in [-0.05, 0) is 93.2 Å². The van der Waals surface area contributed by atoms with Gasteiger partial charge in [-0.2, -0.15) is 0 Å². The smallest absolute Gasteiger partial charge is 0.254 e. The number of nitrogens with zero attached hydrogens (tertiary/aromatic N) is 2. The number of rotatable bonds is 7. The van der Waals surface area contributed by atoms with Crippen LogP contribution in [0.15, 0.2) is 40.9 Å². The van der Waals surface area contributed by atoms with Gasteiger partial charge in [-0.15, -0.1) is 0 Å². The van der Waals surface area contributed by atoms with E-state index in [4.69, 9.17) is 4.99 Å². The van der Waals surface area contributed by atoms with Crippen LogP contribution < -0.4 is 10.6 Å². The van der Waals surface area contributed by atoms with Gasteiger partial charge in [0.05, 0.1) is 6.04 Å². The van der Waals surface area contributed by atoms with Crippen molar-refractivity contribution in [2.24, 2.45) is 28.2 Å². The summed E-state index contributed by atoms with van der Waals surface area (Å²) in [5, 5.41) is 6.76. The van der Waals surface area contributed by atoms with Gasteiger partial charge < -0.3 is 5.32 Å². The quantitative estimate of drug-likeness (QED) is 0.196. The first-order valence-corrected chi connectivity index (χ1v) is 16.5. The Hall–Kier alpha value is -2.50. The van der Waals surface area contributed by atoms with Gasteiger partial charge in [-0.1, -0.05) is 60.1 Å². The molecule has 42 heavy (non-hydrogen) atoms. The predicted octanol–water partition coefficient (Wildman–Crippen LogP) is 7.86. The second kappa shape index (κ2) is 14.3. The van der Waals surface area contributed by atoms with E-state index >= 15 is 0 Å². The normalized spacial score (nSPS) is 28.7. The van der Waals surface area contributed by atoms with Crippen molar-refractivity contribution >= 4 is 18.1 Å². The monoisotopic (exact) mass is 581 g/mol. The first-order valence-electron chi connectivity index (χ1n) is 16.5. The number of carbonyl (C=O) groups excluding carboxylic acids is 1. The highest BCUT2D eigenvalue weighted by Gasteiger charge is 2.46. The summed E-state index contributed by atoms with van der Waals surface area (Å²) in [4.78, 5) is 19.1. The fourth-order valence-electron chi connectivity index (χ4n) is 7.88. The molecule has 1 saturated carbocycles. The van der Waals surface area contributed by atoms with Gasteiger partial charge in [0, 0.05) is 30.0 Å². The minimum Gasteiger partial charge on any atom is -0.351 e. The van der Waals surface area contributed by atoms with Crippen LogP contribution in [0, 0.1) is 29.0 Å². The van der Waals surface area contributed by atoms with Crippen molar-refractivity contribution in [3.63, 3.8) is 0 Å². The lowest BCUT2D eigenvalue weighted by atomic mass is 9.55. The van der Waals surface area contributed by atoms with E-state index in [0.717, 1.165) is 50.5 Å². The second-order valence-electron chi connectivity index (χ2n) is 14.1. The van der Waals surface area contributed by atoms with E-state index in [1.54, 1.807) is 12.1 Å². The molecule has 1 amide bonds. The van der Waals surface area contributed by atoms with Crippen molar-refractivity contribution in [2.45, 2.75) is 131 Å². The van der Waals surface area contributed by atoms with Crippen molar-refractivity contribution in [3.05, 3.63) is 47.3 Å². The van der Waals surface area contributed by atoms with Crippen LogP contribution in [0.5, 0.6) is 0 Å². The van der Waals surface area contributed by atoms with Crippen LogP contribution in [0.1, 0.15) is 119 Å². The van der Waals surface area contributed by atoms with Crippen LogP contribution in [0.4, 0.5) is 4.39 Å². The molecule has 1 aliphatic carbocycles. The van der Waals surface area contributed by atoms with Crippen LogP contribution in [0.3, 0.4) is 0 Å². The van der Waals surface area contributed by atoms with E-state index in [2.05, 4.69) is 84.6 Å². The van der Waals surface area contributed by atoms with E-state index in [0.29, 0.717) is 29.8 Å². The Bertz CT molecular complexity index is 1140. The number of hydrogen-bond donors (Lipinski definition) is 2. The molecule has 1 aliphatic heterocycles. The van der Waals surface area contributed by atoms with Gasteiger partial charge in [-0.25, -0.2) is 14.0 Å². The molecule has 0 bridgehead atoms. The highest BCUT2D eigenvalue weighted by atomic mass is 19.1. The first-order chi connectivity index (χ1) is 19.8. The zero-order valence-electron chi connectivity index (χ0n) is 28.1. The molecule has 0 radical (unpaired) electrons. The molecule has 234 valence electrons. The molecule has 6 atom stereocenters. The van der Waals surface area contributed by atoms with Crippen LogP contribution in [-0.4, -0.2) is 47.3 Å².